The van der Waals surface area contributed by atoms with E-state index in [4.69, 9.17) is 9.15 Å². The van der Waals surface area contributed by atoms with Crippen molar-refractivity contribution in [3.63, 3.8) is 0 Å². The average Bonchev–Trinajstić information content (AvgIpc) is 2.78. The minimum Gasteiger partial charge on any atom is -0.493 e. The van der Waals surface area contributed by atoms with E-state index >= 15 is 0 Å². The second-order valence-corrected chi connectivity index (χ2v) is 8.40. The highest BCUT2D eigenvalue weighted by Crippen LogP contribution is 2.29. The average molecular weight is 432 g/mol. The van der Waals surface area contributed by atoms with Gasteiger partial charge in [0.25, 0.3) is 0 Å². The normalized spacial score (nSPS) is 14.5. The van der Waals surface area contributed by atoms with E-state index in [1.807, 2.05) is 50.2 Å². The Kier molecular flexibility index (Phi) is 6.77. The molecule has 1 aromatic heterocycles. The van der Waals surface area contributed by atoms with Crippen LogP contribution in [-0.2, 0) is 0 Å². The van der Waals surface area contributed by atoms with Gasteiger partial charge in [0.1, 0.15) is 17.4 Å². The van der Waals surface area contributed by atoms with E-state index in [0.717, 1.165) is 79.1 Å². The number of anilines is 1. The molecule has 2 heterocycles. The van der Waals surface area contributed by atoms with Crippen LogP contribution >= 0.6 is 0 Å². The van der Waals surface area contributed by atoms with Crippen LogP contribution in [0.5, 0.6) is 5.75 Å². The third-order valence-electron chi connectivity index (χ3n) is 6.01. The van der Waals surface area contributed by atoms with Crippen molar-refractivity contribution in [3.8, 4) is 11.8 Å². The number of para-hydroxylation sites is 1. The van der Waals surface area contributed by atoms with Crippen LogP contribution in [0.3, 0.4) is 0 Å². The van der Waals surface area contributed by atoms with E-state index in [9.17, 15) is 10.1 Å². The molecule has 4 rings (SSSR count). The molecule has 0 bridgehead atoms. The van der Waals surface area contributed by atoms with Gasteiger partial charge < -0.3 is 14.1 Å². The fourth-order valence-corrected chi connectivity index (χ4v) is 4.37. The number of ether oxygens (including phenoxy) is 1. The van der Waals surface area contributed by atoms with Crippen LogP contribution < -0.4 is 15.3 Å². The van der Waals surface area contributed by atoms with Gasteiger partial charge in [-0.05, 0) is 68.6 Å². The van der Waals surface area contributed by atoms with Gasteiger partial charge in [-0.2, -0.15) is 5.26 Å². The Bertz CT molecular complexity index is 1190. The number of nitriles is 1. The van der Waals surface area contributed by atoms with Crippen LogP contribution in [0.1, 0.15) is 29.5 Å². The molecule has 166 valence electrons. The number of hydrogen-bond donors (Lipinski definition) is 0. The van der Waals surface area contributed by atoms with E-state index in [1.165, 1.54) is 6.07 Å². The number of fused-ring (bicyclic) bond motifs is 1. The summed E-state index contributed by atoms with van der Waals surface area (Å²) in [6, 6.07) is 15.5. The van der Waals surface area contributed by atoms with Crippen molar-refractivity contribution in [2.24, 2.45) is 0 Å². The quantitative estimate of drug-likeness (QED) is 0.411. The number of unbranched alkanes of at least 4 members (excludes halogenated alkanes) is 1. The number of rotatable bonds is 7. The van der Waals surface area contributed by atoms with E-state index in [-0.39, 0.29) is 5.63 Å². The number of hydrogen-bond acceptors (Lipinski definition) is 6. The molecule has 3 aromatic rings. The Hall–Kier alpha value is -3.30. The summed E-state index contributed by atoms with van der Waals surface area (Å²) < 4.78 is 11.5. The highest BCUT2D eigenvalue weighted by molar-refractivity contribution is 5.87. The topological polar surface area (TPSA) is 69.7 Å². The van der Waals surface area contributed by atoms with E-state index in [0.29, 0.717) is 12.2 Å². The number of benzene rings is 2. The second-order valence-electron chi connectivity index (χ2n) is 8.40. The van der Waals surface area contributed by atoms with Crippen molar-refractivity contribution in [2.45, 2.75) is 26.7 Å². The molecule has 0 amide bonds. The van der Waals surface area contributed by atoms with Crippen LogP contribution in [0.2, 0.25) is 0 Å². The van der Waals surface area contributed by atoms with E-state index in [1.54, 1.807) is 0 Å². The maximum atomic E-state index is 11.7. The lowest BCUT2D eigenvalue weighted by atomic mass is 10.1. The van der Waals surface area contributed by atoms with Gasteiger partial charge in [-0.25, -0.2) is 4.79 Å². The third kappa shape index (κ3) is 4.95. The largest absolute Gasteiger partial charge is 0.493 e. The van der Waals surface area contributed by atoms with Gasteiger partial charge in [0.15, 0.2) is 0 Å². The van der Waals surface area contributed by atoms with Crippen molar-refractivity contribution < 1.29 is 9.15 Å². The van der Waals surface area contributed by atoms with Crippen molar-refractivity contribution in [2.75, 3.05) is 44.2 Å². The van der Waals surface area contributed by atoms with E-state index < -0.39 is 0 Å². The molecule has 1 aliphatic heterocycles. The van der Waals surface area contributed by atoms with Crippen molar-refractivity contribution in [1.29, 1.82) is 5.26 Å². The highest BCUT2D eigenvalue weighted by atomic mass is 16.5. The lowest BCUT2D eigenvalue weighted by Crippen LogP contribution is -2.46. The summed E-state index contributed by atoms with van der Waals surface area (Å²) in [4.78, 5) is 16.5. The maximum Gasteiger partial charge on any atom is 0.336 e. The fraction of sp³-hybridized carbons (Fsp3) is 0.385. The van der Waals surface area contributed by atoms with Gasteiger partial charge >= 0.3 is 5.63 Å². The Balaban J connectivity index is 1.25. The summed E-state index contributed by atoms with van der Waals surface area (Å²) in [6.07, 6.45) is 2.02. The minimum absolute atomic E-state index is 0.331. The first-order valence-corrected chi connectivity index (χ1v) is 11.2. The molecule has 32 heavy (non-hydrogen) atoms. The monoisotopic (exact) mass is 431 g/mol. The van der Waals surface area contributed by atoms with Crippen LogP contribution in [0, 0.1) is 25.2 Å². The molecule has 0 unspecified atom stereocenters. The Labute approximate surface area is 188 Å². The Morgan fingerprint density at radius 1 is 1.06 bits per heavy atom. The first-order valence-electron chi connectivity index (χ1n) is 11.2. The summed E-state index contributed by atoms with van der Waals surface area (Å²) in [6.45, 7) is 9.44. The molecular weight excluding hydrogens is 402 g/mol. The minimum atomic E-state index is -0.331. The Morgan fingerprint density at radius 2 is 1.84 bits per heavy atom. The summed E-state index contributed by atoms with van der Waals surface area (Å²) in [5.41, 5.74) is 3.93. The molecule has 0 radical (unpaired) electrons. The molecule has 0 N–H and O–H groups in total. The number of aryl methyl sites for hydroxylation is 2. The molecule has 1 aliphatic rings. The summed E-state index contributed by atoms with van der Waals surface area (Å²) in [5.74, 6) is 0.783. The molecule has 0 aliphatic carbocycles. The maximum absolute atomic E-state index is 11.7. The van der Waals surface area contributed by atoms with Gasteiger partial charge in [0.2, 0.25) is 0 Å². The fourth-order valence-electron chi connectivity index (χ4n) is 4.37. The van der Waals surface area contributed by atoms with Crippen molar-refractivity contribution >= 4 is 16.7 Å². The predicted molar refractivity (Wildman–Crippen MR) is 126 cm³/mol. The molecule has 1 saturated heterocycles. The van der Waals surface area contributed by atoms with Crippen LogP contribution in [-0.4, -0.2) is 44.2 Å². The zero-order valence-electron chi connectivity index (χ0n) is 18.8. The SMILES string of the molecule is Cc1cc(OCCCCN2CCN(c3ccccc3C#N)CC2)c2c(C)cc(=O)oc2c1. The molecule has 0 saturated carbocycles. The Morgan fingerprint density at radius 3 is 2.62 bits per heavy atom. The predicted octanol–water partition coefficient (Wildman–Crippen LogP) is 4.26. The molecule has 0 spiro atoms. The molecule has 0 atom stereocenters. The first-order chi connectivity index (χ1) is 15.5. The molecular formula is C26H29N3O3. The molecule has 6 nitrogen and oxygen atoms in total. The van der Waals surface area contributed by atoms with Crippen LogP contribution in [0.4, 0.5) is 5.69 Å². The molecule has 2 aromatic carbocycles. The number of piperazine rings is 1. The lowest BCUT2D eigenvalue weighted by Gasteiger charge is -2.36. The zero-order chi connectivity index (χ0) is 22.5. The van der Waals surface area contributed by atoms with Crippen molar-refractivity contribution in [3.05, 3.63) is 69.6 Å². The van der Waals surface area contributed by atoms with Gasteiger partial charge in [-0.3, -0.25) is 4.90 Å². The summed E-state index contributed by atoms with van der Waals surface area (Å²) in [5, 5.41) is 10.2. The third-order valence-corrected chi connectivity index (χ3v) is 6.01. The summed E-state index contributed by atoms with van der Waals surface area (Å²) >= 11 is 0. The van der Waals surface area contributed by atoms with Crippen molar-refractivity contribution in [1.82, 2.24) is 4.90 Å². The van der Waals surface area contributed by atoms with Gasteiger partial charge in [-0.15, -0.1) is 0 Å². The second kappa shape index (κ2) is 9.88. The smallest absolute Gasteiger partial charge is 0.336 e. The molecule has 1 fully saturated rings. The summed E-state index contributed by atoms with van der Waals surface area (Å²) in [7, 11) is 0. The van der Waals surface area contributed by atoms with Crippen LogP contribution in [0.15, 0.2) is 51.7 Å². The molecule has 6 heteroatoms. The number of nitrogens with zero attached hydrogens (tertiary/aromatic N) is 3. The highest BCUT2D eigenvalue weighted by Gasteiger charge is 2.18. The van der Waals surface area contributed by atoms with E-state index in [2.05, 4.69) is 15.9 Å². The first kappa shape index (κ1) is 21.9. The van der Waals surface area contributed by atoms with Gasteiger partial charge in [0, 0.05) is 32.2 Å². The van der Waals surface area contributed by atoms with Gasteiger partial charge in [-0.1, -0.05) is 12.1 Å². The van der Waals surface area contributed by atoms with Crippen LogP contribution in [0.25, 0.3) is 11.0 Å². The zero-order valence-corrected chi connectivity index (χ0v) is 18.8. The van der Waals surface area contributed by atoms with Gasteiger partial charge in [0.05, 0.1) is 23.2 Å². The standard InChI is InChI=1S/C26H29N3O3/c1-19-15-23(26-20(2)17-25(30)32-24(26)16-19)31-14-6-5-9-28-10-12-29(13-11-28)22-8-4-3-7-21(22)18-27/h3-4,7-8,15-17H,5-6,9-14H2,1-2H3. The lowest BCUT2D eigenvalue weighted by molar-refractivity contribution is 0.239.